The Kier molecular flexibility index (Phi) is 3.39. The van der Waals surface area contributed by atoms with Crippen LogP contribution < -0.4 is 0 Å². The SMILES string of the molecule is O=C(O)[C@H]1C[C@@H](O)CN1C(=O)N1CCc2sccc2C1. The smallest absolute Gasteiger partial charge is 0.326 e. The van der Waals surface area contributed by atoms with Crippen molar-refractivity contribution in [3.63, 3.8) is 0 Å². The van der Waals surface area contributed by atoms with Crippen molar-refractivity contribution in [1.29, 1.82) is 0 Å². The summed E-state index contributed by atoms with van der Waals surface area (Å²) in [6.07, 6.45) is 0.174. The number of β-amino-alcohol motifs (C(OH)–C–C–N with tert-alkyl or cyclic N) is 1. The molecule has 1 saturated heterocycles. The lowest BCUT2D eigenvalue weighted by Gasteiger charge is -2.32. The normalized spacial score (nSPS) is 25.6. The number of likely N-dealkylation sites (tertiary alicyclic amines) is 1. The standard InChI is InChI=1S/C13H16N2O4S/c16-9-5-10(12(17)18)15(7-9)13(19)14-3-1-11-8(6-14)2-4-20-11/h2,4,9-10,16H,1,3,5-7H2,(H,17,18)/t9-,10-/m1/s1. The van der Waals surface area contributed by atoms with Gasteiger partial charge in [-0.15, -0.1) is 11.3 Å². The fourth-order valence-electron chi connectivity index (χ4n) is 2.85. The summed E-state index contributed by atoms with van der Waals surface area (Å²) < 4.78 is 0. The van der Waals surface area contributed by atoms with E-state index in [0.29, 0.717) is 13.1 Å². The maximum Gasteiger partial charge on any atom is 0.326 e. The fourth-order valence-corrected chi connectivity index (χ4v) is 3.74. The predicted molar refractivity (Wildman–Crippen MR) is 72.6 cm³/mol. The highest BCUT2D eigenvalue weighted by atomic mass is 32.1. The summed E-state index contributed by atoms with van der Waals surface area (Å²) in [7, 11) is 0. The van der Waals surface area contributed by atoms with Crippen molar-refractivity contribution in [2.45, 2.75) is 31.5 Å². The van der Waals surface area contributed by atoms with Gasteiger partial charge in [-0.2, -0.15) is 0 Å². The molecule has 2 N–H and O–H groups in total. The first kappa shape index (κ1) is 13.4. The maximum absolute atomic E-state index is 12.5. The number of urea groups is 1. The molecule has 1 aromatic rings. The number of hydrogen-bond acceptors (Lipinski definition) is 4. The van der Waals surface area contributed by atoms with E-state index in [1.165, 1.54) is 9.78 Å². The molecule has 20 heavy (non-hydrogen) atoms. The first-order chi connectivity index (χ1) is 9.56. The van der Waals surface area contributed by atoms with Crippen LogP contribution in [0.1, 0.15) is 16.9 Å². The number of rotatable bonds is 1. The molecule has 0 radical (unpaired) electrons. The largest absolute Gasteiger partial charge is 0.480 e. The number of aliphatic carboxylic acids is 1. The molecular weight excluding hydrogens is 280 g/mol. The van der Waals surface area contributed by atoms with E-state index in [-0.39, 0.29) is 19.0 Å². The highest BCUT2D eigenvalue weighted by Gasteiger charge is 2.41. The second kappa shape index (κ2) is 5.06. The summed E-state index contributed by atoms with van der Waals surface area (Å²) in [6.45, 7) is 1.23. The third kappa shape index (κ3) is 2.27. The lowest BCUT2D eigenvalue weighted by atomic mass is 10.1. The molecule has 6 nitrogen and oxygen atoms in total. The molecule has 0 spiro atoms. The Hall–Kier alpha value is -1.60. The molecule has 0 aliphatic carbocycles. The van der Waals surface area contributed by atoms with Crippen LogP contribution in [0.15, 0.2) is 11.4 Å². The van der Waals surface area contributed by atoms with Crippen LogP contribution in [-0.4, -0.2) is 57.2 Å². The van der Waals surface area contributed by atoms with Gasteiger partial charge in [0.25, 0.3) is 0 Å². The van der Waals surface area contributed by atoms with Gasteiger partial charge >= 0.3 is 12.0 Å². The van der Waals surface area contributed by atoms with Crippen molar-refractivity contribution < 1.29 is 19.8 Å². The molecule has 2 atom stereocenters. The molecule has 0 unspecified atom stereocenters. The van der Waals surface area contributed by atoms with Crippen LogP contribution in [0.2, 0.25) is 0 Å². The minimum atomic E-state index is -1.05. The Labute approximate surface area is 120 Å². The Morgan fingerprint density at radius 2 is 2.20 bits per heavy atom. The maximum atomic E-state index is 12.5. The van der Waals surface area contributed by atoms with Crippen LogP contribution in [0.3, 0.4) is 0 Å². The van der Waals surface area contributed by atoms with E-state index in [0.717, 1.165) is 12.0 Å². The molecule has 0 saturated carbocycles. The Morgan fingerprint density at radius 3 is 2.95 bits per heavy atom. The van der Waals surface area contributed by atoms with Crippen molar-refractivity contribution in [3.8, 4) is 0 Å². The van der Waals surface area contributed by atoms with E-state index in [2.05, 4.69) is 0 Å². The van der Waals surface area contributed by atoms with Crippen LogP contribution in [0, 0.1) is 0 Å². The van der Waals surface area contributed by atoms with Crippen molar-refractivity contribution in [2.75, 3.05) is 13.1 Å². The Morgan fingerprint density at radius 1 is 1.40 bits per heavy atom. The summed E-state index contributed by atoms with van der Waals surface area (Å²) >= 11 is 1.69. The van der Waals surface area contributed by atoms with E-state index in [1.54, 1.807) is 16.2 Å². The van der Waals surface area contributed by atoms with Crippen molar-refractivity contribution in [1.82, 2.24) is 9.80 Å². The van der Waals surface area contributed by atoms with Gasteiger partial charge in [0.05, 0.1) is 6.10 Å². The number of carboxylic acid groups (broad SMARTS) is 1. The van der Waals surface area contributed by atoms with Gasteiger partial charge in [0.15, 0.2) is 0 Å². The van der Waals surface area contributed by atoms with Crippen LogP contribution in [0.5, 0.6) is 0 Å². The molecule has 0 aromatic carbocycles. The quantitative estimate of drug-likeness (QED) is 0.801. The zero-order chi connectivity index (χ0) is 14.3. The molecule has 2 amide bonds. The Balaban J connectivity index is 1.74. The molecule has 2 aliphatic rings. The van der Waals surface area contributed by atoms with Crippen molar-refractivity contribution >= 4 is 23.3 Å². The second-order valence-corrected chi connectivity index (χ2v) is 6.22. The average Bonchev–Trinajstić information content (AvgIpc) is 3.02. The lowest BCUT2D eigenvalue weighted by Crippen LogP contribution is -2.49. The molecular formula is C13H16N2O4S. The summed E-state index contributed by atoms with van der Waals surface area (Å²) in [4.78, 5) is 27.9. The van der Waals surface area contributed by atoms with Gasteiger partial charge in [0, 0.05) is 30.9 Å². The molecule has 1 aromatic heterocycles. The fraction of sp³-hybridized carbons (Fsp3) is 0.538. The molecule has 3 rings (SSSR count). The van der Waals surface area contributed by atoms with E-state index < -0.39 is 18.1 Å². The minimum Gasteiger partial charge on any atom is -0.480 e. The lowest BCUT2D eigenvalue weighted by molar-refractivity contribution is -0.141. The first-order valence-corrected chi connectivity index (χ1v) is 7.46. The average molecular weight is 296 g/mol. The van der Waals surface area contributed by atoms with Crippen molar-refractivity contribution in [3.05, 3.63) is 21.9 Å². The molecule has 108 valence electrons. The zero-order valence-corrected chi connectivity index (χ0v) is 11.7. The van der Waals surface area contributed by atoms with Crippen LogP contribution in [0.25, 0.3) is 0 Å². The second-order valence-electron chi connectivity index (χ2n) is 5.22. The Bertz CT molecular complexity index is 544. The molecule has 2 aliphatic heterocycles. The van der Waals surface area contributed by atoms with Gasteiger partial charge in [-0.1, -0.05) is 0 Å². The third-order valence-corrected chi connectivity index (χ3v) is 4.91. The topological polar surface area (TPSA) is 81.1 Å². The molecule has 1 fully saturated rings. The summed E-state index contributed by atoms with van der Waals surface area (Å²) in [6, 6.07) is 0.805. The van der Waals surface area contributed by atoms with Crippen LogP contribution in [0.4, 0.5) is 4.79 Å². The number of carbonyl (C=O) groups excluding carboxylic acids is 1. The van der Waals surface area contributed by atoms with Gasteiger partial charge in [-0.05, 0) is 23.4 Å². The van der Waals surface area contributed by atoms with Gasteiger partial charge in [0.1, 0.15) is 6.04 Å². The van der Waals surface area contributed by atoms with Crippen LogP contribution in [-0.2, 0) is 17.8 Å². The van der Waals surface area contributed by atoms with Gasteiger partial charge in [-0.25, -0.2) is 9.59 Å². The van der Waals surface area contributed by atoms with Crippen LogP contribution >= 0.6 is 11.3 Å². The van der Waals surface area contributed by atoms with E-state index in [1.807, 2.05) is 11.4 Å². The number of carbonyl (C=O) groups is 2. The first-order valence-electron chi connectivity index (χ1n) is 6.58. The number of aliphatic hydroxyl groups is 1. The number of nitrogens with zero attached hydrogens (tertiary/aromatic N) is 2. The molecule has 7 heteroatoms. The minimum absolute atomic E-state index is 0.1000. The number of amides is 2. The number of fused-ring (bicyclic) bond motifs is 1. The van der Waals surface area contributed by atoms with E-state index in [9.17, 15) is 14.7 Å². The van der Waals surface area contributed by atoms with Gasteiger partial charge < -0.3 is 20.0 Å². The number of carboxylic acids is 1. The summed E-state index contributed by atoms with van der Waals surface area (Å²) in [5, 5.41) is 20.8. The molecule has 0 bridgehead atoms. The number of aliphatic hydroxyl groups excluding tert-OH is 1. The van der Waals surface area contributed by atoms with Gasteiger partial charge in [0.2, 0.25) is 0 Å². The highest BCUT2D eigenvalue weighted by molar-refractivity contribution is 7.10. The summed E-state index contributed by atoms with van der Waals surface area (Å²) in [5.74, 6) is -1.05. The van der Waals surface area contributed by atoms with Gasteiger partial charge in [-0.3, -0.25) is 0 Å². The number of thiophene rings is 1. The summed E-state index contributed by atoms with van der Waals surface area (Å²) in [5.41, 5.74) is 1.14. The third-order valence-electron chi connectivity index (χ3n) is 3.89. The van der Waals surface area contributed by atoms with E-state index in [4.69, 9.17) is 5.11 Å². The predicted octanol–water partition coefficient (Wildman–Crippen LogP) is 0.746. The molecule has 3 heterocycles. The number of hydrogen-bond donors (Lipinski definition) is 2. The monoisotopic (exact) mass is 296 g/mol. The highest BCUT2D eigenvalue weighted by Crippen LogP contribution is 2.26. The van der Waals surface area contributed by atoms with E-state index >= 15 is 0 Å². The van der Waals surface area contributed by atoms with Crippen molar-refractivity contribution in [2.24, 2.45) is 0 Å². The zero-order valence-electron chi connectivity index (χ0n) is 10.9.